The van der Waals surface area contributed by atoms with E-state index in [0.29, 0.717) is 18.0 Å². The highest BCUT2D eigenvalue weighted by molar-refractivity contribution is 6.01. The first-order chi connectivity index (χ1) is 19.0. The topological polar surface area (TPSA) is 103 Å². The molecular weight excluding hydrogens is 490 g/mol. The molecule has 0 spiro atoms. The second kappa shape index (κ2) is 11.2. The van der Waals surface area contributed by atoms with Gasteiger partial charge in [0.05, 0.1) is 29.1 Å². The fraction of sp³-hybridized carbons (Fsp3) is 0.387. The molecule has 2 aromatic carbocycles. The van der Waals surface area contributed by atoms with Gasteiger partial charge < -0.3 is 20.1 Å². The fourth-order valence-electron chi connectivity index (χ4n) is 5.49. The number of hydrogen-bond acceptors (Lipinski definition) is 6. The van der Waals surface area contributed by atoms with Gasteiger partial charge in [0.25, 0.3) is 5.91 Å². The lowest BCUT2D eigenvalue weighted by Gasteiger charge is -2.32. The number of β-amino-alcohol motifs (C(OH)–C–C–N with tert-alkyl or cyclic N) is 1. The molecule has 1 saturated carbocycles. The molecule has 2 aromatic heterocycles. The summed E-state index contributed by atoms with van der Waals surface area (Å²) in [7, 11) is 0. The molecule has 1 saturated heterocycles. The second-order valence-corrected chi connectivity index (χ2v) is 10.9. The lowest BCUT2D eigenvalue weighted by atomic mass is 10.0. The monoisotopic (exact) mass is 525 g/mol. The molecule has 1 aliphatic heterocycles. The number of benzene rings is 2. The molecular formula is C31H35N5O3. The van der Waals surface area contributed by atoms with Crippen molar-refractivity contribution in [2.24, 2.45) is 5.92 Å². The number of carbonyl (C=O) groups is 1. The minimum Gasteiger partial charge on any atom is -0.490 e. The predicted molar refractivity (Wildman–Crippen MR) is 150 cm³/mol. The van der Waals surface area contributed by atoms with Crippen LogP contribution in [0.25, 0.3) is 22.2 Å². The van der Waals surface area contributed by atoms with Crippen molar-refractivity contribution in [1.29, 1.82) is 0 Å². The molecule has 2 aliphatic rings. The molecule has 0 bridgehead atoms. The van der Waals surface area contributed by atoms with Crippen molar-refractivity contribution in [3.05, 3.63) is 78.1 Å². The Bertz CT molecular complexity index is 1410. The highest BCUT2D eigenvalue weighted by atomic mass is 16.5. The zero-order chi connectivity index (χ0) is 26.8. The van der Waals surface area contributed by atoms with Crippen LogP contribution in [0.1, 0.15) is 54.7 Å². The maximum atomic E-state index is 13.3. The summed E-state index contributed by atoms with van der Waals surface area (Å²) in [5.41, 5.74) is 4.16. The Labute approximate surface area is 228 Å². The number of amides is 1. The molecule has 8 nitrogen and oxygen atoms in total. The first-order valence-corrected chi connectivity index (χ1v) is 13.9. The van der Waals surface area contributed by atoms with Crippen LogP contribution in [0.15, 0.2) is 66.9 Å². The van der Waals surface area contributed by atoms with Gasteiger partial charge in [-0.2, -0.15) is 5.10 Å². The lowest BCUT2D eigenvalue weighted by molar-refractivity contribution is 0.0673. The molecule has 202 valence electrons. The minimum absolute atomic E-state index is 0.0729. The molecule has 8 heteroatoms. The lowest BCUT2D eigenvalue weighted by Crippen LogP contribution is -2.41. The van der Waals surface area contributed by atoms with Crippen LogP contribution < -0.4 is 10.1 Å². The highest BCUT2D eigenvalue weighted by Gasteiger charge is 2.34. The Kier molecular flexibility index (Phi) is 7.30. The zero-order valence-corrected chi connectivity index (χ0v) is 22.2. The summed E-state index contributed by atoms with van der Waals surface area (Å²) in [6.45, 7) is 4.42. The molecule has 4 aromatic rings. The van der Waals surface area contributed by atoms with Crippen LogP contribution in [-0.4, -0.2) is 62.9 Å². The fourth-order valence-corrected chi connectivity index (χ4v) is 5.49. The molecule has 2 unspecified atom stereocenters. The van der Waals surface area contributed by atoms with Crippen molar-refractivity contribution in [1.82, 2.24) is 25.4 Å². The first kappa shape index (κ1) is 25.5. The highest BCUT2D eigenvalue weighted by Crippen LogP contribution is 2.40. The van der Waals surface area contributed by atoms with Gasteiger partial charge in [0, 0.05) is 42.3 Å². The molecule has 3 N–H and O–H groups in total. The molecule has 6 rings (SSSR count). The van der Waals surface area contributed by atoms with Gasteiger partial charge >= 0.3 is 0 Å². The van der Waals surface area contributed by atoms with Crippen LogP contribution in [0.5, 0.6) is 5.75 Å². The van der Waals surface area contributed by atoms with Crippen molar-refractivity contribution in [3.8, 4) is 17.0 Å². The van der Waals surface area contributed by atoms with Crippen LogP contribution >= 0.6 is 0 Å². The average molecular weight is 526 g/mol. The average Bonchev–Trinajstić information content (AvgIpc) is 3.71. The van der Waals surface area contributed by atoms with E-state index in [1.54, 1.807) is 6.20 Å². The van der Waals surface area contributed by atoms with E-state index in [4.69, 9.17) is 4.74 Å². The van der Waals surface area contributed by atoms with Gasteiger partial charge in [-0.1, -0.05) is 6.07 Å². The summed E-state index contributed by atoms with van der Waals surface area (Å²) >= 11 is 0. The van der Waals surface area contributed by atoms with E-state index in [2.05, 4.69) is 25.4 Å². The second-order valence-electron chi connectivity index (χ2n) is 10.9. The number of aromatic amines is 1. The summed E-state index contributed by atoms with van der Waals surface area (Å²) in [5, 5.41) is 21.4. The number of aliphatic hydroxyl groups is 1. The van der Waals surface area contributed by atoms with E-state index in [1.807, 2.05) is 67.6 Å². The van der Waals surface area contributed by atoms with Gasteiger partial charge in [-0.15, -0.1) is 0 Å². The van der Waals surface area contributed by atoms with E-state index in [1.165, 1.54) is 0 Å². The summed E-state index contributed by atoms with van der Waals surface area (Å²) < 4.78 is 6.24. The predicted octanol–water partition coefficient (Wildman–Crippen LogP) is 4.73. The third kappa shape index (κ3) is 5.97. The number of pyridine rings is 1. The Hall–Kier alpha value is -3.75. The van der Waals surface area contributed by atoms with E-state index in [0.717, 1.165) is 72.4 Å². The number of aliphatic hydroxyl groups excluding tert-OH is 1. The number of nitrogens with zero attached hydrogens (tertiary/aromatic N) is 3. The Morgan fingerprint density at radius 1 is 1.10 bits per heavy atom. The summed E-state index contributed by atoms with van der Waals surface area (Å²) in [6, 6.07) is 19.4. The normalized spacial score (nSPS) is 18.1. The number of nitrogens with one attached hydrogen (secondary N) is 2. The molecule has 0 radical (unpaired) electrons. The van der Waals surface area contributed by atoms with Gasteiger partial charge in [0.15, 0.2) is 0 Å². The quantitative estimate of drug-likeness (QED) is 0.292. The maximum absolute atomic E-state index is 13.3. The number of fused-ring (bicyclic) bond motifs is 1. The summed E-state index contributed by atoms with van der Waals surface area (Å²) in [4.78, 5) is 20.1. The van der Waals surface area contributed by atoms with Crippen molar-refractivity contribution >= 4 is 16.8 Å². The Balaban J connectivity index is 1.14. The SMILES string of the molecule is CC(O)CN1CCC(Oc2ccc(-c3n[nH]c4ccc(C(=O)NC(c5ccccn5)C5CC5)cc34)cc2)CC1. The molecule has 3 heterocycles. The minimum atomic E-state index is -0.301. The van der Waals surface area contributed by atoms with Crippen molar-refractivity contribution < 1.29 is 14.6 Å². The number of aromatic nitrogens is 3. The van der Waals surface area contributed by atoms with Gasteiger partial charge in [-0.3, -0.25) is 14.9 Å². The number of H-pyrrole nitrogens is 1. The first-order valence-electron chi connectivity index (χ1n) is 13.9. The summed E-state index contributed by atoms with van der Waals surface area (Å²) in [5.74, 6) is 1.18. The van der Waals surface area contributed by atoms with Gasteiger partial charge in [0.2, 0.25) is 0 Å². The Morgan fingerprint density at radius 3 is 2.59 bits per heavy atom. The number of piperidine rings is 1. The van der Waals surface area contributed by atoms with Crippen LogP contribution in [0, 0.1) is 5.92 Å². The zero-order valence-electron chi connectivity index (χ0n) is 22.2. The maximum Gasteiger partial charge on any atom is 0.251 e. The number of ether oxygens (including phenoxy) is 1. The number of rotatable bonds is 9. The molecule has 2 atom stereocenters. The van der Waals surface area contributed by atoms with Crippen LogP contribution in [0.2, 0.25) is 0 Å². The van der Waals surface area contributed by atoms with Crippen molar-refractivity contribution in [2.45, 2.75) is 50.9 Å². The van der Waals surface area contributed by atoms with E-state index >= 15 is 0 Å². The van der Waals surface area contributed by atoms with Crippen LogP contribution in [-0.2, 0) is 0 Å². The molecule has 1 amide bonds. The van der Waals surface area contributed by atoms with Crippen LogP contribution in [0.3, 0.4) is 0 Å². The largest absolute Gasteiger partial charge is 0.490 e. The number of likely N-dealkylation sites (tertiary alicyclic amines) is 1. The van der Waals surface area contributed by atoms with E-state index in [-0.39, 0.29) is 24.2 Å². The van der Waals surface area contributed by atoms with Gasteiger partial charge in [0.1, 0.15) is 11.9 Å². The third-order valence-electron chi connectivity index (χ3n) is 7.70. The molecule has 1 aliphatic carbocycles. The standard InChI is InChI=1S/C31H35N5O3/c1-20(37)19-36-16-13-25(14-17-36)39-24-10-7-21(8-11-24)29-26-18-23(9-12-27(26)34-35-29)31(38)33-30(22-5-6-22)28-4-2-3-15-32-28/h2-4,7-12,15,18,20,22,25,30,37H,5-6,13-14,16-17,19H2,1H3,(H,33,38)(H,34,35). The van der Waals surface area contributed by atoms with Crippen molar-refractivity contribution in [2.75, 3.05) is 19.6 Å². The van der Waals surface area contributed by atoms with E-state index in [9.17, 15) is 9.90 Å². The van der Waals surface area contributed by atoms with Crippen molar-refractivity contribution in [3.63, 3.8) is 0 Å². The number of carbonyl (C=O) groups excluding carboxylic acids is 1. The number of hydrogen-bond donors (Lipinski definition) is 3. The van der Waals surface area contributed by atoms with Gasteiger partial charge in [-0.25, -0.2) is 0 Å². The molecule has 39 heavy (non-hydrogen) atoms. The van der Waals surface area contributed by atoms with Crippen LogP contribution in [0.4, 0.5) is 0 Å². The van der Waals surface area contributed by atoms with E-state index < -0.39 is 0 Å². The Morgan fingerprint density at radius 2 is 1.90 bits per heavy atom. The summed E-state index contributed by atoms with van der Waals surface area (Å²) in [6.07, 6.45) is 5.77. The smallest absolute Gasteiger partial charge is 0.251 e. The van der Waals surface area contributed by atoms with Gasteiger partial charge in [-0.05, 0) is 93.1 Å². The third-order valence-corrected chi connectivity index (χ3v) is 7.70. The molecule has 2 fully saturated rings.